The fourth-order valence-corrected chi connectivity index (χ4v) is 2.87. The quantitative estimate of drug-likeness (QED) is 0.788. The summed E-state index contributed by atoms with van der Waals surface area (Å²) in [5.41, 5.74) is 0.0809. The molecule has 0 radical (unpaired) electrons. The fraction of sp³-hybridized carbons (Fsp3) is 0.385. The minimum atomic E-state index is -0.544. The van der Waals surface area contributed by atoms with E-state index in [2.05, 4.69) is 0 Å². The second-order valence-electron chi connectivity index (χ2n) is 4.77. The van der Waals surface area contributed by atoms with Gasteiger partial charge in [0, 0.05) is 11.6 Å². The SMILES string of the molecule is O=C1C2CCCN2C(=O)CN1c1cc(Cl)ccc1F. The van der Waals surface area contributed by atoms with Gasteiger partial charge in [0.05, 0.1) is 5.69 Å². The van der Waals surface area contributed by atoms with Crippen LogP contribution in [0.5, 0.6) is 0 Å². The Bertz CT molecular complexity index is 564. The molecule has 19 heavy (non-hydrogen) atoms. The van der Waals surface area contributed by atoms with Gasteiger partial charge in [-0.25, -0.2) is 4.39 Å². The molecule has 1 aromatic rings. The summed E-state index contributed by atoms with van der Waals surface area (Å²) >= 11 is 5.83. The lowest BCUT2D eigenvalue weighted by Crippen LogP contribution is -2.57. The molecule has 2 heterocycles. The summed E-state index contributed by atoms with van der Waals surface area (Å²) in [5, 5.41) is 0.338. The van der Waals surface area contributed by atoms with Crippen LogP contribution < -0.4 is 4.90 Å². The number of rotatable bonds is 1. The van der Waals surface area contributed by atoms with E-state index in [9.17, 15) is 14.0 Å². The number of carbonyl (C=O) groups is 2. The molecule has 1 unspecified atom stereocenters. The highest BCUT2D eigenvalue weighted by Crippen LogP contribution is 2.30. The summed E-state index contributed by atoms with van der Waals surface area (Å²) in [6, 6.07) is 3.56. The summed E-state index contributed by atoms with van der Waals surface area (Å²) in [5.74, 6) is -0.906. The molecule has 0 aliphatic carbocycles. The molecular formula is C13H12ClFN2O2. The first-order chi connectivity index (χ1) is 9.08. The Morgan fingerprint density at radius 1 is 1.32 bits per heavy atom. The summed E-state index contributed by atoms with van der Waals surface area (Å²) in [4.78, 5) is 27.1. The van der Waals surface area contributed by atoms with Crippen molar-refractivity contribution in [3.8, 4) is 0 Å². The van der Waals surface area contributed by atoms with Crippen molar-refractivity contribution in [1.29, 1.82) is 0 Å². The van der Waals surface area contributed by atoms with E-state index in [0.29, 0.717) is 18.0 Å². The van der Waals surface area contributed by atoms with Crippen molar-refractivity contribution in [2.75, 3.05) is 18.0 Å². The van der Waals surface area contributed by atoms with Gasteiger partial charge in [-0.2, -0.15) is 0 Å². The van der Waals surface area contributed by atoms with Crippen LogP contribution in [0.2, 0.25) is 5.02 Å². The summed E-state index contributed by atoms with van der Waals surface area (Å²) < 4.78 is 13.8. The lowest BCUT2D eigenvalue weighted by molar-refractivity contribution is -0.140. The van der Waals surface area contributed by atoms with Crippen LogP contribution >= 0.6 is 11.6 Å². The minimum absolute atomic E-state index is 0.0809. The standard InChI is InChI=1S/C13H12ClFN2O2/c14-8-3-4-9(15)11(6-8)17-7-12(18)16-5-1-2-10(16)13(17)19/h3-4,6,10H,1-2,5,7H2. The Balaban J connectivity index is 1.98. The first-order valence-electron chi connectivity index (χ1n) is 6.14. The van der Waals surface area contributed by atoms with Crippen LogP contribution in [0, 0.1) is 5.82 Å². The van der Waals surface area contributed by atoms with Crippen LogP contribution in [0.25, 0.3) is 0 Å². The average Bonchev–Trinajstić information content (AvgIpc) is 2.87. The predicted molar refractivity (Wildman–Crippen MR) is 68.5 cm³/mol. The van der Waals surface area contributed by atoms with E-state index in [4.69, 9.17) is 11.6 Å². The number of fused-ring (bicyclic) bond motifs is 1. The molecule has 2 saturated heterocycles. The van der Waals surface area contributed by atoms with Crippen LogP contribution in [0.3, 0.4) is 0 Å². The molecule has 1 atom stereocenters. The van der Waals surface area contributed by atoms with Gasteiger partial charge in [0.15, 0.2) is 0 Å². The van der Waals surface area contributed by atoms with Gasteiger partial charge in [-0.3, -0.25) is 14.5 Å². The van der Waals surface area contributed by atoms with Gasteiger partial charge in [-0.05, 0) is 31.0 Å². The Morgan fingerprint density at radius 2 is 2.11 bits per heavy atom. The Labute approximate surface area is 114 Å². The average molecular weight is 283 g/mol. The molecule has 0 saturated carbocycles. The van der Waals surface area contributed by atoms with Crippen molar-refractivity contribution in [1.82, 2.24) is 4.90 Å². The van der Waals surface area contributed by atoms with Gasteiger partial charge in [0.2, 0.25) is 11.8 Å². The monoisotopic (exact) mass is 282 g/mol. The van der Waals surface area contributed by atoms with E-state index in [0.717, 1.165) is 6.42 Å². The summed E-state index contributed by atoms with van der Waals surface area (Å²) in [6.07, 6.45) is 1.46. The zero-order chi connectivity index (χ0) is 13.6. The van der Waals surface area contributed by atoms with Gasteiger partial charge in [0.25, 0.3) is 0 Å². The number of halogens is 2. The van der Waals surface area contributed by atoms with Crippen molar-refractivity contribution >= 4 is 29.1 Å². The van der Waals surface area contributed by atoms with Crippen molar-refractivity contribution < 1.29 is 14.0 Å². The van der Waals surface area contributed by atoms with Crippen molar-refractivity contribution in [3.63, 3.8) is 0 Å². The fourth-order valence-electron chi connectivity index (χ4n) is 2.70. The highest BCUT2D eigenvalue weighted by atomic mass is 35.5. The van der Waals surface area contributed by atoms with Crippen molar-refractivity contribution in [2.24, 2.45) is 0 Å². The van der Waals surface area contributed by atoms with Gasteiger partial charge in [-0.15, -0.1) is 0 Å². The number of carbonyl (C=O) groups excluding carboxylic acids is 2. The molecule has 0 aromatic heterocycles. The third kappa shape index (κ3) is 1.98. The largest absolute Gasteiger partial charge is 0.329 e. The summed E-state index contributed by atoms with van der Waals surface area (Å²) in [6.45, 7) is 0.494. The highest BCUT2D eigenvalue weighted by molar-refractivity contribution is 6.31. The number of piperazine rings is 1. The van der Waals surface area contributed by atoms with E-state index in [1.807, 2.05) is 0 Å². The van der Waals surface area contributed by atoms with Gasteiger partial charge in [-0.1, -0.05) is 11.6 Å². The molecule has 2 aliphatic rings. The summed E-state index contributed by atoms with van der Waals surface area (Å²) in [7, 11) is 0. The molecule has 2 aliphatic heterocycles. The molecule has 0 bridgehead atoms. The molecule has 1 aromatic carbocycles. The van der Waals surface area contributed by atoms with Crippen LogP contribution in [-0.4, -0.2) is 35.8 Å². The minimum Gasteiger partial charge on any atom is -0.329 e. The number of nitrogens with zero attached hydrogens (tertiary/aromatic N) is 2. The Kier molecular flexibility index (Phi) is 2.93. The third-order valence-corrected chi connectivity index (χ3v) is 3.85. The highest BCUT2D eigenvalue weighted by Gasteiger charge is 2.42. The van der Waals surface area contributed by atoms with Crippen LogP contribution in [0.4, 0.5) is 10.1 Å². The first kappa shape index (κ1) is 12.4. The van der Waals surface area contributed by atoms with Gasteiger partial charge in [0.1, 0.15) is 18.4 Å². The Morgan fingerprint density at radius 3 is 2.89 bits per heavy atom. The van der Waals surface area contributed by atoms with E-state index < -0.39 is 11.9 Å². The maximum Gasteiger partial charge on any atom is 0.250 e. The zero-order valence-corrected chi connectivity index (χ0v) is 10.9. The van der Waals surface area contributed by atoms with Gasteiger partial charge < -0.3 is 4.90 Å². The smallest absolute Gasteiger partial charge is 0.250 e. The second kappa shape index (κ2) is 4.49. The number of benzene rings is 1. The van der Waals surface area contributed by atoms with Crippen LogP contribution in [0.1, 0.15) is 12.8 Å². The van der Waals surface area contributed by atoms with Crippen molar-refractivity contribution in [2.45, 2.75) is 18.9 Å². The third-order valence-electron chi connectivity index (χ3n) is 3.62. The van der Waals surface area contributed by atoms with E-state index in [1.165, 1.54) is 23.1 Å². The first-order valence-corrected chi connectivity index (χ1v) is 6.51. The number of hydrogen-bond acceptors (Lipinski definition) is 2. The van der Waals surface area contributed by atoms with Gasteiger partial charge >= 0.3 is 0 Å². The topological polar surface area (TPSA) is 40.6 Å². The maximum absolute atomic E-state index is 13.8. The lowest BCUT2D eigenvalue weighted by atomic mass is 10.1. The van der Waals surface area contributed by atoms with E-state index in [1.54, 1.807) is 4.90 Å². The molecule has 100 valence electrons. The predicted octanol–water partition coefficient (Wildman–Crippen LogP) is 1.82. The van der Waals surface area contributed by atoms with Crippen LogP contribution in [0.15, 0.2) is 18.2 Å². The lowest BCUT2D eigenvalue weighted by Gasteiger charge is -2.36. The molecule has 3 rings (SSSR count). The molecule has 0 N–H and O–H groups in total. The number of anilines is 1. The second-order valence-corrected chi connectivity index (χ2v) is 5.20. The molecular weight excluding hydrogens is 271 g/mol. The van der Waals surface area contributed by atoms with Crippen molar-refractivity contribution in [3.05, 3.63) is 29.0 Å². The normalized spacial score (nSPS) is 22.9. The molecule has 0 spiro atoms. The maximum atomic E-state index is 13.8. The Hall–Kier alpha value is -1.62. The molecule has 2 fully saturated rings. The molecule has 4 nitrogen and oxygen atoms in total. The number of amides is 2. The van der Waals surface area contributed by atoms with E-state index in [-0.39, 0.29) is 24.0 Å². The number of hydrogen-bond donors (Lipinski definition) is 0. The molecule has 2 amide bonds. The van der Waals surface area contributed by atoms with Crippen LogP contribution in [-0.2, 0) is 9.59 Å². The van der Waals surface area contributed by atoms with E-state index >= 15 is 0 Å². The zero-order valence-electron chi connectivity index (χ0n) is 10.1. The molecule has 6 heteroatoms.